The van der Waals surface area contributed by atoms with Gasteiger partial charge in [0.2, 0.25) is 5.91 Å². The zero-order valence-corrected chi connectivity index (χ0v) is 14.9. The van der Waals surface area contributed by atoms with Crippen molar-refractivity contribution >= 4 is 72.9 Å². The lowest BCUT2D eigenvalue weighted by molar-refractivity contribution is -0.114. The smallest absolute Gasteiger partial charge is 0.267 e. The summed E-state index contributed by atoms with van der Waals surface area (Å²) in [6.45, 7) is 1.46. The van der Waals surface area contributed by atoms with E-state index in [0.717, 1.165) is 10.2 Å². The summed E-state index contributed by atoms with van der Waals surface area (Å²) in [5.41, 5.74) is 1.49. The summed E-state index contributed by atoms with van der Waals surface area (Å²) in [5, 5.41) is 10.8. The van der Waals surface area contributed by atoms with E-state index >= 15 is 0 Å². The molecule has 0 aliphatic rings. The molecule has 2 amide bonds. The molecular formula is C15H12N4O2S3. The Balaban J connectivity index is 1.69. The summed E-state index contributed by atoms with van der Waals surface area (Å²) in [6, 6.07) is 8.96. The Morgan fingerprint density at radius 2 is 2.04 bits per heavy atom. The van der Waals surface area contributed by atoms with Gasteiger partial charge in [-0.25, -0.2) is 4.98 Å². The van der Waals surface area contributed by atoms with Crippen molar-refractivity contribution in [3.8, 4) is 0 Å². The Kier molecular flexibility index (Phi) is 4.84. The number of anilines is 2. The van der Waals surface area contributed by atoms with Gasteiger partial charge < -0.3 is 10.6 Å². The molecule has 0 atom stereocenters. The topological polar surface area (TPSA) is 83.1 Å². The van der Waals surface area contributed by atoms with Gasteiger partial charge in [-0.1, -0.05) is 17.4 Å². The number of thiophene rings is 1. The maximum absolute atomic E-state index is 11.9. The predicted molar refractivity (Wildman–Crippen MR) is 102 cm³/mol. The van der Waals surface area contributed by atoms with E-state index in [-0.39, 0.29) is 16.9 Å². The number of rotatable bonds is 3. The van der Waals surface area contributed by atoms with E-state index in [2.05, 4.69) is 20.9 Å². The van der Waals surface area contributed by atoms with Crippen molar-refractivity contribution in [3.05, 3.63) is 40.6 Å². The van der Waals surface area contributed by atoms with Crippen LogP contribution < -0.4 is 16.0 Å². The third-order valence-electron chi connectivity index (χ3n) is 2.90. The minimum atomic E-state index is -0.253. The zero-order valence-electron chi connectivity index (χ0n) is 12.5. The average molecular weight is 376 g/mol. The first-order valence-corrected chi connectivity index (χ1v) is 8.96. The highest BCUT2D eigenvalue weighted by molar-refractivity contribution is 7.80. The molecule has 24 heavy (non-hydrogen) atoms. The second-order valence-electron chi connectivity index (χ2n) is 4.77. The third kappa shape index (κ3) is 3.94. The second-order valence-corrected chi connectivity index (χ2v) is 7.15. The number of hydrogen-bond donors (Lipinski definition) is 3. The van der Waals surface area contributed by atoms with Gasteiger partial charge in [0.05, 0.1) is 15.1 Å². The number of thiazole rings is 1. The van der Waals surface area contributed by atoms with Crippen LogP contribution in [-0.2, 0) is 4.79 Å². The first-order valence-electron chi connectivity index (χ1n) is 6.85. The van der Waals surface area contributed by atoms with Gasteiger partial charge in [0.1, 0.15) is 0 Å². The van der Waals surface area contributed by atoms with Gasteiger partial charge in [-0.2, -0.15) is 0 Å². The minimum absolute atomic E-state index is 0.130. The highest BCUT2D eigenvalue weighted by Gasteiger charge is 2.11. The SMILES string of the molecule is CC(=O)Nc1ccc2nc(NC(=S)NC(=O)c3cccs3)sc2c1. The monoisotopic (exact) mass is 376 g/mol. The molecule has 3 N–H and O–H groups in total. The van der Waals surface area contributed by atoms with Crippen molar-refractivity contribution in [1.82, 2.24) is 10.3 Å². The molecule has 0 unspecified atom stereocenters. The standard InChI is InChI=1S/C15H12N4O2S3/c1-8(20)16-9-4-5-10-12(7-9)24-15(17-10)19-14(22)18-13(21)11-3-2-6-23-11/h2-7H,1H3,(H,16,20)(H2,17,18,19,21,22). The second kappa shape index (κ2) is 7.04. The van der Waals surface area contributed by atoms with Crippen molar-refractivity contribution in [1.29, 1.82) is 0 Å². The van der Waals surface area contributed by atoms with E-state index in [1.54, 1.807) is 18.2 Å². The molecular weight excluding hydrogens is 364 g/mol. The number of amides is 2. The van der Waals surface area contributed by atoms with Crippen LogP contribution in [0, 0.1) is 0 Å². The lowest BCUT2D eigenvalue weighted by atomic mass is 10.3. The molecule has 0 aliphatic carbocycles. The number of fused-ring (bicyclic) bond motifs is 1. The van der Waals surface area contributed by atoms with Crippen molar-refractivity contribution in [2.45, 2.75) is 6.92 Å². The highest BCUT2D eigenvalue weighted by atomic mass is 32.1. The molecule has 0 saturated heterocycles. The van der Waals surface area contributed by atoms with Crippen LogP contribution in [0.15, 0.2) is 35.7 Å². The van der Waals surface area contributed by atoms with Gasteiger partial charge >= 0.3 is 0 Å². The molecule has 2 aromatic heterocycles. The molecule has 2 heterocycles. The third-order valence-corrected chi connectivity index (χ3v) is 4.91. The van der Waals surface area contributed by atoms with E-state index < -0.39 is 0 Å². The number of nitrogens with one attached hydrogen (secondary N) is 3. The molecule has 0 radical (unpaired) electrons. The Bertz CT molecular complexity index is 918. The van der Waals surface area contributed by atoms with E-state index in [1.807, 2.05) is 17.5 Å². The quantitative estimate of drug-likeness (QED) is 0.610. The molecule has 3 aromatic rings. The molecule has 3 rings (SSSR count). The first kappa shape index (κ1) is 16.5. The minimum Gasteiger partial charge on any atom is -0.326 e. The summed E-state index contributed by atoms with van der Waals surface area (Å²) in [5.74, 6) is -0.383. The summed E-state index contributed by atoms with van der Waals surface area (Å²) >= 11 is 7.87. The fraction of sp³-hybridized carbons (Fsp3) is 0.0667. The van der Waals surface area contributed by atoms with Gasteiger partial charge in [-0.15, -0.1) is 11.3 Å². The number of thiocarbonyl (C=S) groups is 1. The fourth-order valence-corrected chi connectivity index (χ4v) is 3.74. The maximum Gasteiger partial charge on any atom is 0.267 e. The largest absolute Gasteiger partial charge is 0.326 e. The molecule has 1 aromatic carbocycles. The summed E-state index contributed by atoms with van der Waals surface area (Å²) in [4.78, 5) is 28.0. The van der Waals surface area contributed by atoms with Crippen molar-refractivity contribution in [2.24, 2.45) is 0 Å². The van der Waals surface area contributed by atoms with Gasteiger partial charge in [-0.3, -0.25) is 14.9 Å². The fourth-order valence-electron chi connectivity index (χ4n) is 1.96. The summed E-state index contributed by atoms with van der Waals surface area (Å²) < 4.78 is 0.899. The molecule has 6 nitrogen and oxygen atoms in total. The Labute approximate surface area is 150 Å². The number of carbonyl (C=O) groups excluding carboxylic acids is 2. The molecule has 0 aliphatic heterocycles. The molecule has 0 saturated carbocycles. The van der Waals surface area contributed by atoms with Crippen LogP contribution in [0.2, 0.25) is 0 Å². The number of nitrogens with zero attached hydrogens (tertiary/aromatic N) is 1. The summed E-state index contributed by atoms with van der Waals surface area (Å²) in [7, 11) is 0. The Morgan fingerprint density at radius 1 is 1.21 bits per heavy atom. The molecule has 0 fully saturated rings. The van der Waals surface area contributed by atoms with Crippen LogP contribution in [-0.4, -0.2) is 21.9 Å². The van der Waals surface area contributed by atoms with Crippen LogP contribution in [0.25, 0.3) is 10.2 Å². The van der Waals surface area contributed by atoms with Gasteiger partial charge in [0.25, 0.3) is 5.91 Å². The lowest BCUT2D eigenvalue weighted by Crippen LogP contribution is -2.33. The van der Waals surface area contributed by atoms with Crippen LogP contribution >= 0.6 is 34.9 Å². The predicted octanol–water partition coefficient (Wildman–Crippen LogP) is 3.44. The van der Waals surface area contributed by atoms with Crippen LogP contribution in [0.1, 0.15) is 16.6 Å². The molecule has 0 spiro atoms. The normalized spacial score (nSPS) is 10.4. The maximum atomic E-state index is 11.9. The number of benzene rings is 1. The Morgan fingerprint density at radius 3 is 2.75 bits per heavy atom. The van der Waals surface area contributed by atoms with Crippen molar-refractivity contribution in [2.75, 3.05) is 10.6 Å². The van der Waals surface area contributed by atoms with E-state index in [4.69, 9.17) is 12.2 Å². The van der Waals surface area contributed by atoms with E-state index in [0.29, 0.717) is 15.7 Å². The zero-order chi connectivity index (χ0) is 17.1. The van der Waals surface area contributed by atoms with E-state index in [9.17, 15) is 9.59 Å². The summed E-state index contributed by atoms with van der Waals surface area (Å²) in [6.07, 6.45) is 0. The highest BCUT2D eigenvalue weighted by Crippen LogP contribution is 2.28. The van der Waals surface area contributed by atoms with Gasteiger partial charge in [-0.05, 0) is 41.9 Å². The van der Waals surface area contributed by atoms with Crippen LogP contribution in [0.5, 0.6) is 0 Å². The van der Waals surface area contributed by atoms with E-state index in [1.165, 1.54) is 29.6 Å². The number of carbonyl (C=O) groups is 2. The van der Waals surface area contributed by atoms with Crippen molar-refractivity contribution in [3.63, 3.8) is 0 Å². The number of hydrogen-bond acceptors (Lipinski definition) is 6. The van der Waals surface area contributed by atoms with Gasteiger partial charge in [0, 0.05) is 12.6 Å². The van der Waals surface area contributed by atoms with Crippen LogP contribution in [0.3, 0.4) is 0 Å². The molecule has 9 heteroatoms. The number of aromatic nitrogens is 1. The molecule has 122 valence electrons. The average Bonchev–Trinajstić information content (AvgIpc) is 3.14. The van der Waals surface area contributed by atoms with Crippen molar-refractivity contribution < 1.29 is 9.59 Å². The van der Waals surface area contributed by atoms with Gasteiger partial charge in [0.15, 0.2) is 10.2 Å². The first-order chi connectivity index (χ1) is 11.5. The van der Waals surface area contributed by atoms with Crippen LogP contribution in [0.4, 0.5) is 10.8 Å². The lowest BCUT2D eigenvalue weighted by Gasteiger charge is -2.05. The Hall–Kier alpha value is -2.36. The molecule has 0 bridgehead atoms.